The van der Waals surface area contributed by atoms with E-state index in [9.17, 15) is 0 Å². The molecule has 0 aliphatic heterocycles. The summed E-state index contributed by atoms with van der Waals surface area (Å²) in [6.45, 7) is 38.3. The lowest BCUT2D eigenvalue weighted by Gasteiger charge is -2.02. The zero-order valence-electron chi connectivity index (χ0n) is 35.4. The van der Waals surface area contributed by atoms with E-state index in [1.54, 1.807) is 0 Å². The van der Waals surface area contributed by atoms with Crippen molar-refractivity contribution in [1.29, 1.82) is 0 Å². The Kier molecular flexibility index (Phi) is 70.9. The highest BCUT2D eigenvalue weighted by molar-refractivity contribution is 4.60. The molecule has 0 amide bonds. The van der Waals surface area contributed by atoms with Crippen LogP contribution in [-0.4, -0.2) is 0 Å². The Hall–Kier alpha value is 0. The average Bonchev–Trinajstić information content (AvgIpc) is 3.49. The van der Waals surface area contributed by atoms with E-state index in [4.69, 9.17) is 0 Å². The summed E-state index contributed by atoms with van der Waals surface area (Å²) < 4.78 is 0. The van der Waals surface area contributed by atoms with Crippen molar-refractivity contribution in [3.8, 4) is 0 Å². The Morgan fingerprint density at radius 1 is 0.386 bits per heavy atom. The fourth-order valence-electron chi connectivity index (χ4n) is 4.34. The molecule has 1 rings (SSSR count). The van der Waals surface area contributed by atoms with E-state index in [2.05, 4.69) is 118 Å². The summed E-state index contributed by atoms with van der Waals surface area (Å²) >= 11 is 0. The average molecular weight is 629 g/mol. The van der Waals surface area contributed by atoms with Crippen LogP contribution in [0.3, 0.4) is 0 Å². The molecule has 1 unspecified atom stereocenters. The van der Waals surface area contributed by atoms with E-state index in [0.29, 0.717) is 0 Å². The molecule has 0 heteroatoms. The predicted octanol–water partition coefficient (Wildman–Crippen LogP) is 17.9. The highest BCUT2D eigenvalue weighted by Gasteiger charge is 2.07. The highest BCUT2D eigenvalue weighted by Crippen LogP contribution is 2.23. The maximum atomic E-state index is 2.34. The zero-order valence-corrected chi connectivity index (χ0v) is 35.4. The molecule has 0 nitrogen and oxygen atoms in total. The lowest BCUT2D eigenvalue weighted by Crippen LogP contribution is -1.88. The molecule has 1 aliphatic carbocycles. The molecule has 0 aromatic carbocycles. The van der Waals surface area contributed by atoms with E-state index in [0.717, 1.165) is 29.6 Å². The molecule has 0 saturated heterocycles. The van der Waals surface area contributed by atoms with Crippen LogP contribution in [0.2, 0.25) is 0 Å². The SMILES string of the molecule is CC1CCCC1.CCC(C)CC.CCCC(C)C.CCCC(C)CC.CCCCC.CCCCC(C)C.CCCCCCC. The van der Waals surface area contributed by atoms with Gasteiger partial charge in [-0.1, -0.05) is 259 Å². The first-order valence-corrected chi connectivity index (χ1v) is 20.9. The minimum atomic E-state index is 0.898. The summed E-state index contributed by atoms with van der Waals surface area (Å²) in [5.74, 6) is 4.73. The minimum absolute atomic E-state index is 0.898. The molecule has 1 fully saturated rings. The third-order valence-corrected chi connectivity index (χ3v) is 8.43. The standard InChI is InChI=1S/3C7H16.C6H12.2C6H14.C5H12/c1-4-5-6-7(2)3;1-4-6-7(3)5-2;1-3-5-7-6-4-2;1-6-4-2-3-5-6;1-4-5-6(2)3;1-4-6(3)5-2;1-3-5-4-2/h2*7H,4-6H2,1-3H3;3-7H2,1-2H3;6H,2-5H2,1H3;2*6H,4-5H2,1-3H3;3-5H2,1-2H3. The Labute approximate surface area is 287 Å². The molecule has 44 heavy (non-hydrogen) atoms. The second kappa shape index (κ2) is 55.4. The van der Waals surface area contributed by atoms with Gasteiger partial charge in [0.1, 0.15) is 0 Å². The molecule has 0 aromatic rings. The predicted molar refractivity (Wildman–Crippen MR) is 215 cm³/mol. The summed E-state index contributed by atoms with van der Waals surface area (Å²) in [6, 6.07) is 0. The number of hydrogen-bond donors (Lipinski definition) is 0. The van der Waals surface area contributed by atoms with Crippen LogP contribution < -0.4 is 0 Å². The van der Waals surface area contributed by atoms with Crippen molar-refractivity contribution in [3.63, 3.8) is 0 Å². The minimum Gasteiger partial charge on any atom is -0.0654 e. The van der Waals surface area contributed by atoms with Gasteiger partial charge in [0.2, 0.25) is 0 Å². The quantitative estimate of drug-likeness (QED) is 0.149. The molecule has 0 heterocycles. The topological polar surface area (TPSA) is 0 Å². The monoisotopic (exact) mass is 629 g/mol. The van der Waals surface area contributed by atoms with Gasteiger partial charge in [-0.15, -0.1) is 0 Å². The van der Waals surface area contributed by atoms with Crippen molar-refractivity contribution in [2.45, 2.75) is 259 Å². The number of hydrogen-bond acceptors (Lipinski definition) is 0. The largest absolute Gasteiger partial charge is 0.0654 e. The van der Waals surface area contributed by atoms with Gasteiger partial charge < -0.3 is 0 Å². The molecular weight excluding hydrogens is 528 g/mol. The molecule has 0 spiro atoms. The molecule has 1 aliphatic rings. The maximum Gasteiger partial charge on any atom is -0.0443 e. The van der Waals surface area contributed by atoms with Crippen LogP contribution in [0.5, 0.6) is 0 Å². The van der Waals surface area contributed by atoms with Gasteiger partial charge in [0.05, 0.1) is 0 Å². The number of rotatable bonds is 16. The second-order valence-corrected chi connectivity index (χ2v) is 14.7. The first kappa shape index (κ1) is 56.3. The van der Waals surface area contributed by atoms with Gasteiger partial charge in [0.25, 0.3) is 0 Å². The van der Waals surface area contributed by atoms with Gasteiger partial charge in [-0.05, 0) is 29.6 Å². The first-order chi connectivity index (χ1) is 20.9. The molecule has 0 radical (unpaired) electrons. The van der Waals surface area contributed by atoms with E-state index in [-0.39, 0.29) is 0 Å². The second-order valence-electron chi connectivity index (χ2n) is 14.7. The highest BCUT2D eigenvalue weighted by atomic mass is 14.1. The lowest BCUT2D eigenvalue weighted by atomic mass is 10.0. The van der Waals surface area contributed by atoms with E-state index >= 15 is 0 Å². The van der Waals surface area contributed by atoms with Crippen molar-refractivity contribution >= 4 is 0 Å². The van der Waals surface area contributed by atoms with Crippen molar-refractivity contribution < 1.29 is 0 Å². The Bertz CT molecular complexity index is 365. The third kappa shape index (κ3) is 84.0. The molecule has 0 bridgehead atoms. The summed E-state index contributed by atoms with van der Waals surface area (Å²) in [4.78, 5) is 0. The van der Waals surface area contributed by atoms with E-state index < -0.39 is 0 Å². The molecule has 0 aromatic heterocycles. The normalized spacial score (nSPS) is 12.5. The van der Waals surface area contributed by atoms with Gasteiger partial charge in [0, 0.05) is 0 Å². The van der Waals surface area contributed by atoms with Crippen LogP contribution in [0.4, 0.5) is 0 Å². The zero-order chi connectivity index (χ0) is 35.4. The lowest BCUT2D eigenvalue weighted by molar-refractivity contribution is 0.509. The Morgan fingerprint density at radius 3 is 0.864 bits per heavy atom. The van der Waals surface area contributed by atoms with Gasteiger partial charge in [0.15, 0.2) is 0 Å². The molecule has 276 valence electrons. The van der Waals surface area contributed by atoms with Crippen molar-refractivity contribution in [3.05, 3.63) is 0 Å². The smallest absolute Gasteiger partial charge is 0.0443 e. The molecule has 0 N–H and O–H groups in total. The van der Waals surface area contributed by atoms with Crippen molar-refractivity contribution in [2.75, 3.05) is 0 Å². The van der Waals surface area contributed by atoms with Crippen LogP contribution in [0.15, 0.2) is 0 Å². The van der Waals surface area contributed by atoms with Crippen LogP contribution >= 0.6 is 0 Å². The molecule has 1 saturated carbocycles. The first-order valence-electron chi connectivity index (χ1n) is 20.9. The fourth-order valence-corrected chi connectivity index (χ4v) is 4.34. The summed E-state index contributed by atoms with van der Waals surface area (Å²) in [5, 5.41) is 0. The van der Waals surface area contributed by atoms with E-state index in [1.807, 2.05) is 0 Å². The van der Waals surface area contributed by atoms with Crippen LogP contribution in [0, 0.1) is 29.6 Å². The summed E-state index contributed by atoms with van der Waals surface area (Å²) in [5.41, 5.74) is 0. The fraction of sp³-hybridized carbons (Fsp3) is 1.00. The van der Waals surface area contributed by atoms with Crippen LogP contribution in [0.1, 0.15) is 259 Å². The summed E-state index contributed by atoms with van der Waals surface area (Å²) in [7, 11) is 0. The Balaban J connectivity index is -0.0000000960. The van der Waals surface area contributed by atoms with Gasteiger partial charge in [-0.3, -0.25) is 0 Å². The van der Waals surface area contributed by atoms with Crippen molar-refractivity contribution in [2.24, 2.45) is 29.6 Å². The third-order valence-electron chi connectivity index (χ3n) is 8.43. The maximum absolute atomic E-state index is 2.34. The van der Waals surface area contributed by atoms with Crippen LogP contribution in [0.25, 0.3) is 0 Å². The van der Waals surface area contributed by atoms with Gasteiger partial charge in [-0.25, -0.2) is 0 Å². The summed E-state index contributed by atoms with van der Waals surface area (Å²) in [6.07, 6.45) is 30.6. The molecule has 1 atom stereocenters. The van der Waals surface area contributed by atoms with Crippen LogP contribution in [-0.2, 0) is 0 Å². The van der Waals surface area contributed by atoms with Crippen molar-refractivity contribution in [1.82, 2.24) is 0 Å². The molecular formula is C44H100. The van der Waals surface area contributed by atoms with Gasteiger partial charge >= 0.3 is 0 Å². The van der Waals surface area contributed by atoms with E-state index in [1.165, 1.54) is 141 Å². The Morgan fingerprint density at radius 2 is 0.750 bits per heavy atom. The van der Waals surface area contributed by atoms with Gasteiger partial charge in [-0.2, -0.15) is 0 Å². The number of unbranched alkanes of at least 4 members (excludes halogenated alkanes) is 7.